The Bertz CT molecular complexity index is 484. The molecule has 0 saturated carbocycles. The molecule has 0 amide bonds. The number of hydrogen-bond donors (Lipinski definition) is 0. The highest BCUT2D eigenvalue weighted by molar-refractivity contribution is 5.66. The van der Waals surface area contributed by atoms with Crippen molar-refractivity contribution in [1.82, 2.24) is 0 Å². The molecule has 1 aliphatic rings. The standard InChI is InChI=1S/C19H26F2/c1-3-6-14(7-4-2)15-10-12-16(13-11-15)17-8-5-9-18(20)19(17)21/h5,8-9,12,14-15H,3-4,6-7,10-11,13H2,1-2H3. The van der Waals surface area contributed by atoms with Gasteiger partial charge >= 0.3 is 0 Å². The number of benzene rings is 1. The highest BCUT2D eigenvalue weighted by Crippen LogP contribution is 2.38. The molecule has 116 valence electrons. The van der Waals surface area contributed by atoms with Gasteiger partial charge in [-0.1, -0.05) is 57.7 Å². The van der Waals surface area contributed by atoms with Crippen molar-refractivity contribution in [2.24, 2.45) is 11.8 Å². The zero-order valence-electron chi connectivity index (χ0n) is 13.2. The van der Waals surface area contributed by atoms with Gasteiger partial charge in [0.25, 0.3) is 0 Å². The van der Waals surface area contributed by atoms with Crippen LogP contribution in [0.3, 0.4) is 0 Å². The van der Waals surface area contributed by atoms with Crippen molar-refractivity contribution in [3.05, 3.63) is 41.5 Å². The molecule has 0 spiro atoms. The van der Waals surface area contributed by atoms with Gasteiger partial charge in [-0.2, -0.15) is 0 Å². The molecular formula is C19H26F2. The zero-order chi connectivity index (χ0) is 15.2. The second-order valence-corrected chi connectivity index (χ2v) is 6.20. The molecule has 1 aromatic carbocycles. The van der Waals surface area contributed by atoms with Crippen molar-refractivity contribution >= 4 is 5.57 Å². The van der Waals surface area contributed by atoms with Gasteiger partial charge in [-0.25, -0.2) is 8.78 Å². The molecule has 0 aliphatic heterocycles. The Labute approximate surface area is 127 Å². The smallest absolute Gasteiger partial charge is 0.166 e. The second-order valence-electron chi connectivity index (χ2n) is 6.20. The van der Waals surface area contributed by atoms with E-state index in [-0.39, 0.29) is 0 Å². The Kier molecular flexibility index (Phi) is 5.96. The topological polar surface area (TPSA) is 0 Å². The first-order valence-corrected chi connectivity index (χ1v) is 8.30. The average Bonchev–Trinajstić information content (AvgIpc) is 2.50. The summed E-state index contributed by atoms with van der Waals surface area (Å²) in [7, 11) is 0. The third-order valence-corrected chi connectivity index (χ3v) is 4.73. The maximum absolute atomic E-state index is 13.9. The van der Waals surface area contributed by atoms with E-state index in [4.69, 9.17) is 0 Å². The number of hydrogen-bond acceptors (Lipinski definition) is 0. The van der Waals surface area contributed by atoms with Crippen LogP contribution in [0, 0.1) is 23.5 Å². The minimum absolute atomic E-state index is 0.455. The van der Waals surface area contributed by atoms with Crippen LogP contribution in [0.15, 0.2) is 24.3 Å². The van der Waals surface area contributed by atoms with Crippen LogP contribution in [0.2, 0.25) is 0 Å². The minimum Gasteiger partial charge on any atom is -0.204 e. The molecule has 2 rings (SSSR count). The molecule has 1 aromatic rings. The SMILES string of the molecule is CCCC(CCC)C1CC=C(c2cccc(F)c2F)CC1. The van der Waals surface area contributed by atoms with E-state index in [1.54, 1.807) is 12.1 Å². The molecule has 0 heterocycles. The summed E-state index contributed by atoms with van der Waals surface area (Å²) in [5.74, 6) is 0.0617. The van der Waals surface area contributed by atoms with E-state index >= 15 is 0 Å². The number of halogens is 2. The first-order chi connectivity index (χ1) is 10.2. The Morgan fingerprint density at radius 3 is 2.43 bits per heavy atom. The summed E-state index contributed by atoms with van der Waals surface area (Å²) in [5.41, 5.74) is 1.44. The van der Waals surface area contributed by atoms with Crippen molar-refractivity contribution in [3.8, 4) is 0 Å². The third kappa shape index (κ3) is 3.93. The molecule has 0 fully saturated rings. The van der Waals surface area contributed by atoms with Crippen molar-refractivity contribution in [3.63, 3.8) is 0 Å². The summed E-state index contributed by atoms with van der Waals surface area (Å²) >= 11 is 0. The van der Waals surface area contributed by atoms with Crippen LogP contribution in [0.1, 0.15) is 64.4 Å². The molecule has 0 aromatic heterocycles. The van der Waals surface area contributed by atoms with E-state index in [0.29, 0.717) is 11.5 Å². The van der Waals surface area contributed by atoms with Crippen LogP contribution in [0.5, 0.6) is 0 Å². The molecule has 0 saturated heterocycles. The normalized spacial score (nSPS) is 18.9. The average molecular weight is 292 g/mol. The Morgan fingerprint density at radius 1 is 1.14 bits per heavy atom. The van der Waals surface area contributed by atoms with E-state index < -0.39 is 11.6 Å². The fourth-order valence-corrected chi connectivity index (χ4v) is 3.64. The van der Waals surface area contributed by atoms with Crippen LogP contribution in [0.4, 0.5) is 8.78 Å². The Morgan fingerprint density at radius 2 is 1.86 bits per heavy atom. The fraction of sp³-hybridized carbons (Fsp3) is 0.579. The van der Waals surface area contributed by atoms with Crippen LogP contribution in [-0.4, -0.2) is 0 Å². The fourth-order valence-electron chi connectivity index (χ4n) is 3.64. The molecule has 0 nitrogen and oxygen atoms in total. The lowest BCUT2D eigenvalue weighted by molar-refractivity contribution is 0.272. The van der Waals surface area contributed by atoms with Gasteiger partial charge in [0, 0.05) is 5.56 Å². The Hall–Kier alpha value is -1.18. The van der Waals surface area contributed by atoms with Crippen molar-refractivity contribution < 1.29 is 8.78 Å². The van der Waals surface area contributed by atoms with Crippen LogP contribution < -0.4 is 0 Å². The number of allylic oxidation sites excluding steroid dienone is 2. The van der Waals surface area contributed by atoms with Crippen LogP contribution in [-0.2, 0) is 0 Å². The zero-order valence-corrected chi connectivity index (χ0v) is 13.2. The lowest BCUT2D eigenvalue weighted by atomic mass is 9.76. The van der Waals surface area contributed by atoms with E-state index in [2.05, 4.69) is 19.9 Å². The lowest BCUT2D eigenvalue weighted by Crippen LogP contribution is -2.17. The summed E-state index contributed by atoms with van der Waals surface area (Å²) in [4.78, 5) is 0. The summed E-state index contributed by atoms with van der Waals surface area (Å²) in [5, 5.41) is 0. The van der Waals surface area contributed by atoms with E-state index in [1.807, 2.05) is 0 Å². The first kappa shape index (κ1) is 16.2. The largest absolute Gasteiger partial charge is 0.204 e. The van der Waals surface area contributed by atoms with Gasteiger partial charge in [0.2, 0.25) is 0 Å². The summed E-state index contributed by atoms with van der Waals surface area (Å²) in [6, 6.07) is 4.47. The van der Waals surface area contributed by atoms with E-state index in [0.717, 1.165) is 30.8 Å². The van der Waals surface area contributed by atoms with Crippen molar-refractivity contribution in [1.29, 1.82) is 0 Å². The lowest BCUT2D eigenvalue weighted by Gasteiger charge is -2.30. The van der Waals surface area contributed by atoms with Gasteiger partial charge in [-0.15, -0.1) is 0 Å². The summed E-state index contributed by atoms with van der Waals surface area (Å²) in [6.45, 7) is 4.49. The number of rotatable bonds is 6. The highest BCUT2D eigenvalue weighted by atomic mass is 19.2. The van der Waals surface area contributed by atoms with Gasteiger partial charge in [0.05, 0.1) is 0 Å². The third-order valence-electron chi connectivity index (χ3n) is 4.73. The minimum atomic E-state index is -0.745. The van der Waals surface area contributed by atoms with Crippen molar-refractivity contribution in [2.45, 2.75) is 58.8 Å². The predicted molar refractivity (Wildman–Crippen MR) is 85.0 cm³/mol. The van der Waals surface area contributed by atoms with Gasteiger partial charge in [-0.3, -0.25) is 0 Å². The monoisotopic (exact) mass is 292 g/mol. The molecular weight excluding hydrogens is 266 g/mol. The van der Waals surface area contributed by atoms with Gasteiger partial charge < -0.3 is 0 Å². The second kappa shape index (κ2) is 7.72. The maximum atomic E-state index is 13.9. The van der Waals surface area contributed by atoms with Gasteiger partial charge in [0.15, 0.2) is 11.6 Å². The quantitative estimate of drug-likeness (QED) is 0.572. The van der Waals surface area contributed by atoms with Crippen molar-refractivity contribution in [2.75, 3.05) is 0 Å². The molecule has 0 N–H and O–H groups in total. The molecule has 0 bridgehead atoms. The summed E-state index contributed by atoms with van der Waals surface area (Å²) < 4.78 is 27.2. The van der Waals surface area contributed by atoms with Gasteiger partial charge in [-0.05, 0) is 42.7 Å². The molecule has 0 radical (unpaired) electrons. The highest BCUT2D eigenvalue weighted by Gasteiger charge is 2.24. The van der Waals surface area contributed by atoms with Crippen LogP contribution >= 0.6 is 0 Å². The molecule has 1 unspecified atom stereocenters. The molecule has 1 aliphatic carbocycles. The molecule has 2 heteroatoms. The first-order valence-electron chi connectivity index (χ1n) is 8.30. The predicted octanol–water partition coefficient (Wildman–Crippen LogP) is 6.36. The maximum Gasteiger partial charge on any atom is 0.166 e. The molecule has 21 heavy (non-hydrogen) atoms. The Balaban J connectivity index is 2.09. The van der Waals surface area contributed by atoms with E-state index in [9.17, 15) is 8.78 Å². The molecule has 1 atom stereocenters. The van der Waals surface area contributed by atoms with E-state index in [1.165, 1.54) is 31.7 Å². The van der Waals surface area contributed by atoms with Crippen LogP contribution in [0.25, 0.3) is 5.57 Å². The summed E-state index contributed by atoms with van der Waals surface area (Å²) in [6.07, 6.45) is 10.2. The van der Waals surface area contributed by atoms with Gasteiger partial charge in [0.1, 0.15) is 0 Å².